The van der Waals surface area contributed by atoms with Crippen LogP contribution in [0.3, 0.4) is 0 Å². The number of carbonyl (C=O) groups excluding carboxylic acids is 1. The summed E-state index contributed by atoms with van der Waals surface area (Å²) >= 11 is 7.15. The molecule has 1 atom stereocenters. The fourth-order valence-corrected chi connectivity index (χ4v) is 3.16. The van der Waals surface area contributed by atoms with Crippen LogP contribution >= 0.6 is 23.4 Å². The molecule has 2 rings (SSSR count). The number of halogens is 2. The molecule has 0 saturated carbocycles. The number of rotatable bonds is 4. The molecular weight excluding hydrogens is 337 g/mol. The zero-order chi connectivity index (χ0) is 17.0. The number of anilines is 1. The maximum Gasteiger partial charge on any atom is 0.236 e. The molecule has 23 heavy (non-hydrogen) atoms. The topological polar surface area (TPSA) is 64.9 Å². The van der Waals surface area contributed by atoms with Gasteiger partial charge in [-0.15, -0.1) is 11.8 Å². The molecule has 1 aromatic carbocycles. The number of amides is 1. The van der Waals surface area contributed by atoms with Gasteiger partial charge in [-0.1, -0.05) is 18.5 Å². The Kier molecular flexibility index (Phi) is 5.69. The second kappa shape index (κ2) is 7.53. The fourth-order valence-electron chi connectivity index (χ4n) is 2.15. The molecule has 0 spiro atoms. The Labute approximate surface area is 143 Å². The molecule has 0 radical (unpaired) electrons. The minimum absolute atomic E-state index is 0.0333. The highest BCUT2D eigenvalue weighted by Gasteiger charge is 2.28. The van der Waals surface area contributed by atoms with Gasteiger partial charge in [0.1, 0.15) is 5.82 Å². The molecular formula is C16H15ClFN3OS. The number of thioether (sulfide) groups is 1. The number of benzene rings is 1. The largest absolute Gasteiger partial charge is 0.353 e. The van der Waals surface area contributed by atoms with Crippen molar-refractivity contribution in [2.24, 2.45) is 5.92 Å². The number of carbonyl (C=O) groups is 1. The fraction of sp³-hybridized carbons (Fsp3) is 0.250. The van der Waals surface area contributed by atoms with Crippen molar-refractivity contribution in [1.29, 1.82) is 5.26 Å². The first kappa shape index (κ1) is 17.4. The van der Waals surface area contributed by atoms with E-state index in [9.17, 15) is 14.4 Å². The van der Waals surface area contributed by atoms with Crippen LogP contribution < -0.4 is 10.6 Å². The lowest BCUT2D eigenvalue weighted by Gasteiger charge is -2.23. The van der Waals surface area contributed by atoms with Crippen LogP contribution in [-0.4, -0.2) is 11.7 Å². The van der Waals surface area contributed by atoms with E-state index in [1.165, 1.54) is 23.9 Å². The number of nitriles is 1. The van der Waals surface area contributed by atoms with Crippen LogP contribution in [0.15, 0.2) is 40.6 Å². The van der Waals surface area contributed by atoms with Gasteiger partial charge in [-0.05, 0) is 37.0 Å². The summed E-state index contributed by atoms with van der Waals surface area (Å²) in [6, 6.07) is 6.08. The summed E-state index contributed by atoms with van der Waals surface area (Å²) in [5.74, 6) is -1.07. The van der Waals surface area contributed by atoms with Gasteiger partial charge in [0.25, 0.3) is 0 Å². The first-order chi connectivity index (χ1) is 11.0. The van der Waals surface area contributed by atoms with Gasteiger partial charge in [0.2, 0.25) is 5.91 Å². The van der Waals surface area contributed by atoms with E-state index in [4.69, 9.17) is 11.6 Å². The summed E-state index contributed by atoms with van der Waals surface area (Å²) < 4.78 is 13.8. The van der Waals surface area contributed by atoms with E-state index in [2.05, 4.69) is 16.7 Å². The smallest absolute Gasteiger partial charge is 0.236 e. The van der Waals surface area contributed by atoms with Crippen molar-refractivity contribution < 1.29 is 9.18 Å². The third-order valence-electron chi connectivity index (χ3n) is 3.16. The molecule has 1 aliphatic rings. The van der Waals surface area contributed by atoms with Crippen molar-refractivity contribution in [3.63, 3.8) is 0 Å². The van der Waals surface area contributed by atoms with Crippen LogP contribution in [0, 0.1) is 23.1 Å². The van der Waals surface area contributed by atoms with Gasteiger partial charge in [0, 0.05) is 10.7 Å². The van der Waals surface area contributed by atoms with Crippen LogP contribution in [0.5, 0.6) is 0 Å². The molecule has 2 N–H and O–H groups in total. The minimum atomic E-state index is -0.759. The van der Waals surface area contributed by atoms with Crippen LogP contribution in [0.1, 0.15) is 13.8 Å². The Hall–Kier alpha value is -1.97. The maximum atomic E-state index is 13.8. The van der Waals surface area contributed by atoms with E-state index in [-0.39, 0.29) is 10.7 Å². The second-order valence-electron chi connectivity index (χ2n) is 4.85. The molecule has 0 fully saturated rings. The predicted molar refractivity (Wildman–Crippen MR) is 91.2 cm³/mol. The second-order valence-corrected chi connectivity index (χ2v) is 6.56. The summed E-state index contributed by atoms with van der Waals surface area (Å²) in [5.41, 5.74) is 1.14. The van der Waals surface area contributed by atoms with Crippen LogP contribution in [0.4, 0.5) is 10.1 Å². The van der Waals surface area contributed by atoms with Gasteiger partial charge in [0.15, 0.2) is 0 Å². The molecule has 4 nitrogen and oxygen atoms in total. The van der Waals surface area contributed by atoms with Gasteiger partial charge in [0.05, 0.1) is 28.3 Å². The molecule has 7 heteroatoms. The van der Waals surface area contributed by atoms with E-state index in [0.717, 1.165) is 17.5 Å². The van der Waals surface area contributed by atoms with E-state index in [1.807, 2.05) is 13.8 Å². The summed E-state index contributed by atoms with van der Waals surface area (Å²) in [6.07, 6.45) is 1.65. The number of nitrogens with zero attached hydrogens (tertiary/aromatic N) is 1. The third-order valence-corrected chi connectivity index (χ3v) is 4.30. The van der Waals surface area contributed by atoms with E-state index in [1.54, 1.807) is 6.08 Å². The monoisotopic (exact) mass is 351 g/mol. The van der Waals surface area contributed by atoms with Gasteiger partial charge < -0.3 is 10.6 Å². The van der Waals surface area contributed by atoms with Crippen molar-refractivity contribution in [1.82, 2.24) is 5.32 Å². The number of dihydropyridines is 1. The number of hydrogen-bond donors (Lipinski definition) is 2. The van der Waals surface area contributed by atoms with Crippen molar-refractivity contribution in [3.8, 4) is 6.07 Å². The SMILES string of the molecule is CCSC1=C(C#N)C(C(=O)Nc2ccc(Cl)cc2F)C=C(C)N1. The number of nitrogens with one attached hydrogen (secondary N) is 2. The zero-order valence-corrected chi connectivity index (χ0v) is 14.2. The lowest BCUT2D eigenvalue weighted by Crippen LogP contribution is -2.29. The quantitative estimate of drug-likeness (QED) is 0.859. The van der Waals surface area contributed by atoms with Crippen molar-refractivity contribution >= 4 is 35.0 Å². The summed E-state index contributed by atoms with van der Waals surface area (Å²) in [6.45, 7) is 3.77. The van der Waals surface area contributed by atoms with Crippen molar-refractivity contribution in [3.05, 3.63) is 51.4 Å². The average Bonchev–Trinajstić information content (AvgIpc) is 2.50. The Morgan fingerprint density at radius 2 is 2.30 bits per heavy atom. The van der Waals surface area contributed by atoms with E-state index in [0.29, 0.717) is 10.6 Å². The molecule has 1 unspecified atom stereocenters. The van der Waals surface area contributed by atoms with Crippen LogP contribution in [0.25, 0.3) is 0 Å². The summed E-state index contributed by atoms with van der Waals surface area (Å²) in [5, 5.41) is 15.9. The first-order valence-corrected chi connectivity index (χ1v) is 8.31. The Balaban J connectivity index is 2.29. The predicted octanol–water partition coefficient (Wildman–Crippen LogP) is 4.03. The Morgan fingerprint density at radius 3 is 2.91 bits per heavy atom. The number of hydrogen-bond acceptors (Lipinski definition) is 4. The lowest BCUT2D eigenvalue weighted by molar-refractivity contribution is -0.117. The highest BCUT2D eigenvalue weighted by Crippen LogP contribution is 2.30. The van der Waals surface area contributed by atoms with E-state index < -0.39 is 17.6 Å². The Morgan fingerprint density at radius 1 is 1.57 bits per heavy atom. The molecule has 0 aliphatic carbocycles. The zero-order valence-electron chi connectivity index (χ0n) is 12.6. The summed E-state index contributed by atoms with van der Waals surface area (Å²) in [4.78, 5) is 12.5. The lowest BCUT2D eigenvalue weighted by atomic mass is 9.96. The molecule has 1 amide bonds. The summed E-state index contributed by atoms with van der Waals surface area (Å²) in [7, 11) is 0. The van der Waals surface area contributed by atoms with Crippen molar-refractivity contribution in [2.75, 3.05) is 11.1 Å². The third kappa shape index (κ3) is 4.06. The molecule has 0 saturated heterocycles. The van der Waals surface area contributed by atoms with Crippen molar-refractivity contribution in [2.45, 2.75) is 13.8 Å². The van der Waals surface area contributed by atoms with Gasteiger partial charge in [-0.2, -0.15) is 5.26 Å². The first-order valence-electron chi connectivity index (χ1n) is 6.94. The van der Waals surface area contributed by atoms with Gasteiger partial charge in [-0.25, -0.2) is 4.39 Å². The maximum absolute atomic E-state index is 13.8. The number of allylic oxidation sites excluding steroid dienone is 1. The highest BCUT2D eigenvalue weighted by molar-refractivity contribution is 8.03. The highest BCUT2D eigenvalue weighted by atomic mass is 35.5. The molecule has 1 heterocycles. The molecule has 0 aromatic heterocycles. The minimum Gasteiger partial charge on any atom is -0.353 e. The van der Waals surface area contributed by atoms with Crippen LogP contribution in [-0.2, 0) is 4.79 Å². The normalized spacial score (nSPS) is 17.2. The van der Waals surface area contributed by atoms with Crippen LogP contribution in [0.2, 0.25) is 5.02 Å². The van der Waals surface area contributed by atoms with Gasteiger partial charge in [-0.3, -0.25) is 4.79 Å². The standard InChI is InChI=1S/C16H15ClFN3OS/c1-3-23-16-12(8-19)11(6-9(2)20-16)15(22)21-14-5-4-10(17)7-13(14)18/h4-7,11,20H,3H2,1-2H3,(H,21,22). The molecule has 1 aromatic rings. The molecule has 120 valence electrons. The van der Waals surface area contributed by atoms with Gasteiger partial charge >= 0.3 is 0 Å². The average molecular weight is 352 g/mol. The van der Waals surface area contributed by atoms with E-state index >= 15 is 0 Å². The molecule has 0 bridgehead atoms. The molecule has 1 aliphatic heterocycles. The Bertz CT molecular complexity index is 739.